The van der Waals surface area contributed by atoms with Crippen LogP contribution in [0.25, 0.3) is 0 Å². The topological polar surface area (TPSA) is 51.0 Å². The maximum atomic E-state index is 11.2. The van der Waals surface area contributed by atoms with Gasteiger partial charge in [-0.3, -0.25) is 0 Å². The van der Waals surface area contributed by atoms with Crippen LogP contribution < -0.4 is 0 Å². The first-order valence-corrected chi connectivity index (χ1v) is 6.14. The number of ether oxygens (including phenoxy) is 1. The van der Waals surface area contributed by atoms with Crippen molar-refractivity contribution in [1.82, 2.24) is 0 Å². The summed E-state index contributed by atoms with van der Waals surface area (Å²) in [6.07, 6.45) is 0. The number of halogens is 4. The van der Waals surface area contributed by atoms with Crippen LogP contribution in [0.2, 0.25) is 10.0 Å². The van der Waals surface area contributed by atoms with Gasteiger partial charge in [0.05, 0.1) is 17.2 Å². The van der Waals surface area contributed by atoms with E-state index < -0.39 is 10.4 Å². The van der Waals surface area contributed by atoms with Crippen LogP contribution >= 0.6 is 46.4 Å². The zero-order chi connectivity index (χ0) is 13.9. The minimum Gasteiger partial charge on any atom is -0.465 e. The fourth-order valence-electron chi connectivity index (χ4n) is 1.06. The number of hydrogen-bond donors (Lipinski definition) is 0. The van der Waals surface area contributed by atoms with E-state index in [4.69, 9.17) is 46.4 Å². The van der Waals surface area contributed by atoms with E-state index in [1.165, 1.54) is 0 Å². The van der Waals surface area contributed by atoms with Gasteiger partial charge in [0.2, 0.25) is 0 Å². The number of aryl methyl sites for hydroxylation is 1. The van der Waals surface area contributed by atoms with E-state index in [1.54, 1.807) is 12.1 Å². The van der Waals surface area contributed by atoms with Crippen molar-refractivity contribution in [2.75, 3.05) is 7.11 Å². The van der Waals surface area contributed by atoms with Crippen molar-refractivity contribution < 1.29 is 9.53 Å². The van der Waals surface area contributed by atoms with Crippen molar-refractivity contribution >= 4 is 58.1 Å². The Labute approximate surface area is 124 Å². The Morgan fingerprint density at radius 3 is 2.22 bits per heavy atom. The predicted octanol–water partition coefficient (Wildman–Crippen LogP) is 4.69. The van der Waals surface area contributed by atoms with Crippen molar-refractivity contribution in [3.05, 3.63) is 27.7 Å². The lowest BCUT2D eigenvalue weighted by atomic mass is 10.2. The number of alkyl halides is 2. The first kappa shape index (κ1) is 15.5. The Hall–Kier alpha value is -0.550. The van der Waals surface area contributed by atoms with E-state index in [0.717, 1.165) is 12.7 Å². The first-order chi connectivity index (χ1) is 8.27. The molecule has 0 aliphatic heterocycles. The highest BCUT2D eigenvalue weighted by atomic mass is 35.5. The number of carbonyl (C=O) groups excluding carboxylic acids is 1. The number of esters is 1. The van der Waals surface area contributed by atoms with Crippen LogP contribution in [0.15, 0.2) is 22.4 Å². The molecule has 1 rings (SSSR count). The minimum absolute atomic E-state index is 0.179. The van der Waals surface area contributed by atoms with E-state index in [0.29, 0.717) is 0 Å². The summed E-state index contributed by atoms with van der Waals surface area (Å²) in [5.41, 5.74) is 1.04. The number of nitrogens with zero attached hydrogens (tertiary/aromatic N) is 2. The average Bonchev–Trinajstić information content (AvgIpc) is 2.26. The Kier molecular flexibility index (Phi) is 5.22. The van der Waals surface area contributed by atoms with Crippen molar-refractivity contribution in [2.24, 2.45) is 10.2 Å². The zero-order valence-electron chi connectivity index (χ0n) is 9.38. The molecule has 0 radical (unpaired) electrons. The maximum Gasteiger partial charge on any atom is 0.367 e. The number of azo groups is 1. The van der Waals surface area contributed by atoms with E-state index in [-0.39, 0.29) is 15.7 Å². The van der Waals surface area contributed by atoms with E-state index in [2.05, 4.69) is 15.0 Å². The second-order valence-corrected chi connectivity index (χ2v) is 5.41. The molecule has 0 fully saturated rings. The summed E-state index contributed by atoms with van der Waals surface area (Å²) < 4.78 is 2.23. The molecule has 0 unspecified atom stereocenters. The molecular formula is C10H8Cl4N2O2. The van der Waals surface area contributed by atoms with Gasteiger partial charge in [-0.1, -0.05) is 46.4 Å². The highest BCUT2D eigenvalue weighted by molar-refractivity contribution is 6.57. The SMILES string of the molecule is COC(=O)C(Cl)(Cl)/N=N/c1c(Cl)cc(C)cc1Cl. The molecule has 98 valence electrons. The van der Waals surface area contributed by atoms with Crippen LogP contribution in [0.5, 0.6) is 0 Å². The van der Waals surface area contributed by atoms with Crippen molar-refractivity contribution in [2.45, 2.75) is 11.4 Å². The second kappa shape index (κ2) is 6.06. The van der Waals surface area contributed by atoms with Crippen LogP contribution in [0.3, 0.4) is 0 Å². The third-order valence-electron chi connectivity index (χ3n) is 1.87. The van der Waals surface area contributed by atoms with Crippen LogP contribution in [0.4, 0.5) is 5.69 Å². The lowest BCUT2D eigenvalue weighted by Crippen LogP contribution is -2.24. The van der Waals surface area contributed by atoms with Gasteiger partial charge in [0, 0.05) is 0 Å². The van der Waals surface area contributed by atoms with Gasteiger partial charge in [-0.2, -0.15) is 0 Å². The summed E-state index contributed by atoms with van der Waals surface area (Å²) in [5.74, 6) is -0.950. The van der Waals surface area contributed by atoms with Gasteiger partial charge in [0.25, 0.3) is 0 Å². The molecule has 0 saturated carbocycles. The standard InChI is InChI=1S/C10H8Cl4N2O2/c1-5-3-6(11)8(7(12)4-5)15-16-10(13,14)9(17)18-2/h3-4H,1-2H3/b16-15+. The Balaban J connectivity index is 3.09. The summed E-state index contributed by atoms with van der Waals surface area (Å²) in [4.78, 5) is 11.2. The third-order valence-corrected chi connectivity index (χ3v) is 2.90. The summed E-state index contributed by atoms with van der Waals surface area (Å²) in [7, 11) is 1.13. The molecule has 4 nitrogen and oxygen atoms in total. The largest absolute Gasteiger partial charge is 0.465 e. The monoisotopic (exact) mass is 328 g/mol. The van der Waals surface area contributed by atoms with E-state index >= 15 is 0 Å². The predicted molar refractivity (Wildman–Crippen MR) is 72.2 cm³/mol. The highest BCUT2D eigenvalue weighted by Gasteiger charge is 2.35. The van der Waals surface area contributed by atoms with Gasteiger partial charge in [0.1, 0.15) is 5.69 Å². The van der Waals surface area contributed by atoms with Gasteiger partial charge in [0.15, 0.2) is 0 Å². The first-order valence-electron chi connectivity index (χ1n) is 4.62. The van der Waals surface area contributed by atoms with Gasteiger partial charge in [-0.15, -0.1) is 10.2 Å². The van der Waals surface area contributed by atoms with Gasteiger partial charge in [-0.05, 0) is 24.6 Å². The summed E-state index contributed by atoms with van der Waals surface area (Å²) in [5, 5.41) is 7.70. The van der Waals surface area contributed by atoms with Crippen LogP contribution in [0.1, 0.15) is 5.56 Å². The summed E-state index contributed by atoms with van der Waals surface area (Å²) in [6.45, 7) is 1.82. The highest BCUT2D eigenvalue weighted by Crippen LogP contribution is 2.36. The molecule has 0 aliphatic rings. The number of hydrogen-bond acceptors (Lipinski definition) is 4. The molecule has 0 aromatic heterocycles. The maximum absolute atomic E-state index is 11.2. The molecule has 1 aromatic carbocycles. The molecule has 0 bridgehead atoms. The summed E-state index contributed by atoms with van der Waals surface area (Å²) >= 11 is 23.1. The Morgan fingerprint density at radius 1 is 1.28 bits per heavy atom. The molecule has 0 amide bonds. The molecule has 0 atom stereocenters. The van der Waals surface area contributed by atoms with Gasteiger partial charge < -0.3 is 4.74 Å². The molecule has 0 aliphatic carbocycles. The quantitative estimate of drug-likeness (QED) is 0.349. The fraction of sp³-hybridized carbons (Fsp3) is 0.300. The smallest absolute Gasteiger partial charge is 0.367 e. The normalized spacial score (nSPS) is 11.9. The zero-order valence-corrected chi connectivity index (χ0v) is 12.4. The number of benzene rings is 1. The number of carbonyl (C=O) groups is 1. The summed E-state index contributed by atoms with van der Waals surface area (Å²) in [6, 6.07) is 3.29. The van der Waals surface area contributed by atoms with Gasteiger partial charge >= 0.3 is 10.4 Å². The molecule has 0 heterocycles. The van der Waals surface area contributed by atoms with Crippen LogP contribution in [-0.4, -0.2) is 17.5 Å². The average molecular weight is 330 g/mol. The molecule has 1 aromatic rings. The second-order valence-electron chi connectivity index (χ2n) is 3.31. The fourth-order valence-corrected chi connectivity index (χ4v) is 1.97. The Morgan fingerprint density at radius 2 is 1.78 bits per heavy atom. The lowest BCUT2D eigenvalue weighted by Gasteiger charge is -2.09. The molecule has 18 heavy (non-hydrogen) atoms. The molecule has 0 saturated heterocycles. The molecular weight excluding hydrogens is 322 g/mol. The number of methoxy groups -OCH3 is 1. The van der Waals surface area contributed by atoms with Crippen molar-refractivity contribution in [1.29, 1.82) is 0 Å². The Bertz CT molecular complexity index is 480. The van der Waals surface area contributed by atoms with Crippen LogP contribution in [-0.2, 0) is 9.53 Å². The van der Waals surface area contributed by atoms with Crippen LogP contribution in [0, 0.1) is 6.92 Å². The number of rotatable bonds is 3. The van der Waals surface area contributed by atoms with Crippen molar-refractivity contribution in [3.8, 4) is 0 Å². The lowest BCUT2D eigenvalue weighted by molar-refractivity contribution is -0.141. The van der Waals surface area contributed by atoms with E-state index in [1.807, 2.05) is 6.92 Å². The molecule has 0 N–H and O–H groups in total. The van der Waals surface area contributed by atoms with E-state index in [9.17, 15) is 4.79 Å². The minimum atomic E-state index is -2.13. The molecule has 0 spiro atoms. The molecule has 8 heteroatoms. The van der Waals surface area contributed by atoms with Crippen molar-refractivity contribution in [3.63, 3.8) is 0 Å². The third kappa shape index (κ3) is 3.72. The van der Waals surface area contributed by atoms with Gasteiger partial charge in [-0.25, -0.2) is 4.79 Å².